The van der Waals surface area contributed by atoms with Crippen LogP contribution < -0.4 is 10.2 Å². The molecule has 0 saturated carbocycles. The van der Waals surface area contributed by atoms with Crippen molar-refractivity contribution in [1.82, 2.24) is 0 Å². The normalized spacial score (nSPS) is 16.8. The Morgan fingerprint density at radius 2 is 1.85 bits per heavy atom. The minimum atomic E-state index is -3.46. The average molecular weight is 413 g/mol. The van der Waals surface area contributed by atoms with Gasteiger partial charge in [-0.2, -0.15) is 0 Å². The molecule has 1 aliphatic heterocycles. The predicted octanol–water partition coefficient (Wildman–Crippen LogP) is 3.38. The van der Waals surface area contributed by atoms with E-state index in [-0.39, 0.29) is 21.2 Å². The van der Waals surface area contributed by atoms with E-state index < -0.39 is 27.7 Å². The van der Waals surface area contributed by atoms with Crippen molar-refractivity contribution in [2.24, 2.45) is 0 Å². The minimum Gasteiger partial charge on any atom is -0.322 e. The topological polar surface area (TPSA) is 83.6 Å². The first-order valence-electron chi connectivity index (χ1n) is 7.53. The molecule has 0 saturated heterocycles. The van der Waals surface area contributed by atoms with Gasteiger partial charge in [-0.15, -0.1) is 0 Å². The number of sulfone groups is 1. The lowest BCUT2D eigenvalue weighted by Crippen LogP contribution is -2.49. The molecule has 2 amide bonds. The third kappa shape index (κ3) is 3.30. The van der Waals surface area contributed by atoms with Crippen LogP contribution in [0.2, 0.25) is 10.0 Å². The largest absolute Gasteiger partial charge is 0.322 e. The number of amides is 2. The molecule has 1 heterocycles. The van der Waals surface area contributed by atoms with E-state index in [0.717, 1.165) is 6.26 Å². The number of anilines is 2. The number of hydrogen-bond donors (Lipinski definition) is 1. The Hall–Kier alpha value is -2.09. The number of nitrogens with zero attached hydrogens (tertiary/aromatic N) is 1. The lowest BCUT2D eigenvalue weighted by molar-refractivity contribution is -0.117. The zero-order valence-corrected chi connectivity index (χ0v) is 16.1. The summed E-state index contributed by atoms with van der Waals surface area (Å²) in [5, 5.41) is 3.18. The average Bonchev–Trinajstić information content (AvgIpc) is 2.54. The highest BCUT2D eigenvalue weighted by Crippen LogP contribution is 2.36. The Morgan fingerprint density at radius 1 is 1.15 bits per heavy atom. The van der Waals surface area contributed by atoms with Crippen LogP contribution in [-0.4, -0.2) is 32.5 Å². The van der Waals surface area contributed by atoms with Gasteiger partial charge in [0.2, 0.25) is 5.91 Å². The van der Waals surface area contributed by atoms with Crippen LogP contribution in [0.4, 0.5) is 11.4 Å². The molecule has 0 aliphatic carbocycles. The van der Waals surface area contributed by atoms with Crippen LogP contribution in [0.25, 0.3) is 0 Å². The molecule has 0 radical (unpaired) electrons. The van der Waals surface area contributed by atoms with Gasteiger partial charge in [0.1, 0.15) is 6.04 Å². The first kappa shape index (κ1) is 18.7. The Kier molecular flexibility index (Phi) is 4.72. The molecule has 1 atom stereocenters. The van der Waals surface area contributed by atoms with Crippen molar-refractivity contribution < 1.29 is 18.0 Å². The highest BCUT2D eigenvalue weighted by Gasteiger charge is 2.35. The summed E-state index contributed by atoms with van der Waals surface area (Å²) < 4.78 is 23.5. The van der Waals surface area contributed by atoms with E-state index in [4.69, 9.17) is 23.2 Å². The monoisotopic (exact) mass is 412 g/mol. The van der Waals surface area contributed by atoms with Gasteiger partial charge in [0, 0.05) is 11.3 Å². The minimum absolute atomic E-state index is 0.0445. The highest BCUT2D eigenvalue weighted by atomic mass is 35.5. The van der Waals surface area contributed by atoms with Crippen molar-refractivity contribution in [1.29, 1.82) is 0 Å². The second-order valence-electron chi connectivity index (χ2n) is 5.92. The van der Waals surface area contributed by atoms with Gasteiger partial charge in [-0.25, -0.2) is 8.42 Å². The number of rotatable bonds is 2. The number of nitrogens with one attached hydrogen (secondary N) is 1. The molecule has 2 aromatic carbocycles. The van der Waals surface area contributed by atoms with Gasteiger partial charge in [0.15, 0.2) is 9.84 Å². The maximum absolute atomic E-state index is 13.0. The van der Waals surface area contributed by atoms with Crippen molar-refractivity contribution in [2.45, 2.75) is 17.9 Å². The Balaban J connectivity index is 2.13. The number of carbonyl (C=O) groups excluding carboxylic acids is 2. The zero-order valence-electron chi connectivity index (χ0n) is 13.8. The Morgan fingerprint density at radius 3 is 2.46 bits per heavy atom. The van der Waals surface area contributed by atoms with Crippen LogP contribution in [0.5, 0.6) is 0 Å². The molecule has 0 bridgehead atoms. The maximum Gasteiger partial charge on any atom is 0.260 e. The van der Waals surface area contributed by atoms with Gasteiger partial charge < -0.3 is 5.32 Å². The molecule has 6 nitrogen and oxygen atoms in total. The summed E-state index contributed by atoms with van der Waals surface area (Å²) in [7, 11) is -3.46. The third-order valence-electron chi connectivity index (χ3n) is 4.06. The molecule has 1 unspecified atom stereocenters. The summed E-state index contributed by atoms with van der Waals surface area (Å²) in [6.45, 7) is 1.57. The fourth-order valence-electron chi connectivity index (χ4n) is 2.70. The molecule has 0 fully saturated rings. The van der Waals surface area contributed by atoms with E-state index in [1.54, 1.807) is 6.92 Å². The molecule has 1 N–H and O–H groups in total. The van der Waals surface area contributed by atoms with Crippen LogP contribution in [0, 0.1) is 0 Å². The van der Waals surface area contributed by atoms with E-state index in [9.17, 15) is 18.0 Å². The second-order valence-corrected chi connectivity index (χ2v) is 8.78. The van der Waals surface area contributed by atoms with Gasteiger partial charge in [0.05, 0.1) is 26.9 Å². The molecule has 26 heavy (non-hydrogen) atoms. The summed E-state index contributed by atoms with van der Waals surface area (Å²) in [6.07, 6.45) is 1.07. The Bertz CT molecular complexity index is 1040. The van der Waals surface area contributed by atoms with Crippen LogP contribution in [-0.2, 0) is 14.6 Å². The van der Waals surface area contributed by atoms with Gasteiger partial charge in [-0.3, -0.25) is 14.5 Å². The molecule has 9 heteroatoms. The van der Waals surface area contributed by atoms with E-state index in [1.165, 1.54) is 41.3 Å². The molecular weight excluding hydrogens is 399 g/mol. The molecule has 136 valence electrons. The molecule has 1 aliphatic rings. The third-order valence-corrected chi connectivity index (χ3v) is 5.72. The Labute approximate surface area is 160 Å². The molecule has 3 rings (SSSR count). The molecule has 0 spiro atoms. The molecular formula is C17H14Cl2N2O4S. The van der Waals surface area contributed by atoms with Gasteiger partial charge >= 0.3 is 0 Å². The van der Waals surface area contributed by atoms with Crippen molar-refractivity contribution in [3.8, 4) is 0 Å². The SMILES string of the molecule is CC1C(=O)Nc2cc(S(C)(=O)=O)ccc2N1C(=O)c1ccc(Cl)cc1Cl. The summed E-state index contributed by atoms with van der Waals surface area (Å²) in [5.74, 6) is -0.913. The van der Waals surface area contributed by atoms with Gasteiger partial charge in [-0.1, -0.05) is 23.2 Å². The van der Waals surface area contributed by atoms with Gasteiger partial charge in [0.25, 0.3) is 5.91 Å². The first-order chi connectivity index (χ1) is 12.1. The lowest BCUT2D eigenvalue weighted by atomic mass is 10.1. The smallest absolute Gasteiger partial charge is 0.260 e. The number of fused-ring (bicyclic) bond motifs is 1. The predicted molar refractivity (Wildman–Crippen MR) is 101 cm³/mol. The van der Waals surface area contributed by atoms with Crippen LogP contribution in [0.1, 0.15) is 17.3 Å². The van der Waals surface area contributed by atoms with Crippen LogP contribution in [0.15, 0.2) is 41.3 Å². The lowest BCUT2D eigenvalue weighted by Gasteiger charge is -2.35. The van der Waals surface area contributed by atoms with Crippen molar-refractivity contribution in [2.75, 3.05) is 16.5 Å². The molecule has 2 aromatic rings. The number of halogens is 2. The van der Waals surface area contributed by atoms with Crippen molar-refractivity contribution >= 4 is 56.2 Å². The van der Waals surface area contributed by atoms with Crippen LogP contribution >= 0.6 is 23.2 Å². The first-order valence-corrected chi connectivity index (χ1v) is 10.2. The summed E-state index contributed by atoms with van der Waals surface area (Å²) in [6, 6.07) is 7.87. The highest BCUT2D eigenvalue weighted by molar-refractivity contribution is 7.90. The number of benzene rings is 2. The maximum atomic E-state index is 13.0. The fraction of sp³-hybridized carbons (Fsp3) is 0.176. The summed E-state index contributed by atoms with van der Waals surface area (Å²) in [4.78, 5) is 26.7. The van der Waals surface area contributed by atoms with E-state index in [1.807, 2.05) is 0 Å². The summed E-state index contributed by atoms with van der Waals surface area (Å²) >= 11 is 12.0. The standard InChI is InChI=1S/C17H14Cl2N2O4S/c1-9-16(22)20-14-8-11(26(2,24)25)4-6-15(14)21(9)17(23)12-5-3-10(18)7-13(12)19/h3-9H,1-2H3,(H,20,22). The van der Waals surface area contributed by atoms with E-state index in [2.05, 4.69) is 5.32 Å². The quantitative estimate of drug-likeness (QED) is 0.818. The fourth-order valence-corrected chi connectivity index (χ4v) is 3.83. The van der Waals surface area contributed by atoms with Crippen molar-refractivity contribution in [3.05, 3.63) is 52.0 Å². The summed E-state index contributed by atoms with van der Waals surface area (Å²) in [5.41, 5.74) is 0.825. The number of hydrogen-bond acceptors (Lipinski definition) is 4. The number of carbonyl (C=O) groups is 2. The van der Waals surface area contributed by atoms with Crippen molar-refractivity contribution in [3.63, 3.8) is 0 Å². The van der Waals surface area contributed by atoms with Gasteiger partial charge in [-0.05, 0) is 43.3 Å². The van der Waals surface area contributed by atoms with E-state index >= 15 is 0 Å². The molecule has 0 aromatic heterocycles. The van der Waals surface area contributed by atoms with Crippen LogP contribution in [0.3, 0.4) is 0 Å². The second kappa shape index (κ2) is 6.57. The van der Waals surface area contributed by atoms with E-state index in [0.29, 0.717) is 10.7 Å². The zero-order chi connectivity index (χ0) is 19.2.